The predicted molar refractivity (Wildman–Crippen MR) is 280 cm³/mol. The number of alkyl halides is 3. The summed E-state index contributed by atoms with van der Waals surface area (Å²) in [6.07, 6.45) is -5.35. The molecule has 0 saturated carbocycles. The number of halogens is 4. The molecular weight excluding hydrogens is 1010 g/mol. The highest BCUT2D eigenvalue weighted by Gasteiger charge is 2.44. The minimum atomic E-state index is -5.01. The van der Waals surface area contributed by atoms with Crippen LogP contribution in [0.3, 0.4) is 0 Å². The number of pyridine rings is 1. The lowest BCUT2D eigenvalue weighted by molar-refractivity contribution is -0.144. The van der Waals surface area contributed by atoms with Gasteiger partial charge in [-0.2, -0.15) is 13.2 Å². The number of rotatable bonds is 17. The number of likely N-dealkylation sites (N-methyl/N-ethyl adjacent to an activating group) is 1. The fraction of sp³-hybridized carbons (Fsp3) is 0.426. The lowest BCUT2D eigenvalue weighted by Crippen LogP contribution is -2.57. The second-order valence-electron chi connectivity index (χ2n) is 20.3. The van der Waals surface area contributed by atoms with Gasteiger partial charge in [0, 0.05) is 81.0 Å². The Hall–Kier alpha value is -7.01. The molecule has 0 spiro atoms. The van der Waals surface area contributed by atoms with Crippen LogP contribution in [0.4, 0.5) is 28.9 Å². The van der Waals surface area contributed by atoms with Crippen molar-refractivity contribution in [3.8, 4) is 21.6 Å². The number of ether oxygens (including phenoxy) is 1. The summed E-state index contributed by atoms with van der Waals surface area (Å²) >= 11 is 1.54. The number of hydrogen-bond acceptors (Lipinski definition) is 12. The second-order valence-corrected chi connectivity index (χ2v) is 21.2. The quantitative estimate of drug-likeness (QED) is 0.0445. The highest BCUT2D eigenvalue weighted by Crippen LogP contribution is 2.37. The van der Waals surface area contributed by atoms with Crippen molar-refractivity contribution in [2.24, 2.45) is 5.41 Å². The number of nitrogens with zero attached hydrogens (tertiary/aromatic N) is 4. The van der Waals surface area contributed by atoms with Crippen LogP contribution < -0.4 is 31.7 Å². The molecule has 0 aliphatic carbocycles. The number of amides is 5. The molecule has 2 aliphatic heterocycles. The molecule has 4 heterocycles. The first kappa shape index (κ1) is 56.7. The van der Waals surface area contributed by atoms with Crippen molar-refractivity contribution in [1.82, 2.24) is 35.7 Å². The third-order valence-corrected chi connectivity index (χ3v) is 14.7. The summed E-state index contributed by atoms with van der Waals surface area (Å²) in [5.74, 6) is -4.01. The number of piperazine rings is 1. The number of β-amino-alcohol motifs (C(OH)–C–C–N with tert-alkyl or cyclic N) is 1. The second kappa shape index (κ2) is 23.9. The van der Waals surface area contributed by atoms with E-state index in [1.165, 1.54) is 23.1 Å². The number of benzene rings is 3. The molecule has 5 amide bonds. The average molecular weight is 1070 g/mol. The summed E-state index contributed by atoms with van der Waals surface area (Å²) in [6.45, 7) is 12.3. The van der Waals surface area contributed by atoms with E-state index in [9.17, 15) is 47.0 Å². The molecule has 406 valence electrons. The molecule has 0 unspecified atom stereocenters. The maximum atomic E-state index is 15.9. The third kappa shape index (κ3) is 13.7. The first-order valence-electron chi connectivity index (χ1n) is 24.8. The summed E-state index contributed by atoms with van der Waals surface area (Å²) < 4.78 is 63.4. The van der Waals surface area contributed by atoms with Gasteiger partial charge in [0.05, 0.1) is 57.9 Å². The number of carbonyl (C=O) groups is 5. The van der Waals surface area contributed by atoms with Crippen LogP contribution >= 0.6 is 11.3 Å². The van der Waals surface area contributed by atoms with Gasteiger partial charge in [-0.15, -0.1) is 11.3 Å². The molecule has 5 aromatic rings. The summed E-state index contributed by atoms with van der Waals surface area (Å²) in [5.41, 5.74) is 1.38. The van der Waals surface area contributed by atoms with Crippen LogP contribution in [0.1, 0.15) is 85.0 Å². The molecule has 2 saturated heterocycles. The van der Waals surface area contributed by atoms with Gasteiger partial charge in [0.25, 0.3) is 11.8 Å². The van der Waals surface area contributed by atoms with E-state index in [4.69, 9.17) is 4.74 Å². The Kier molecular flexibility index (Phi) is 17.8. The Morgan fingerprint density at radius 2 is 1.61 bits per heavy atom. The van der Waals surface area contributed by atoms with Gasteiger partial charge in [0.2, 0.25) is 23.3 Å². The monoisotopic (exact) mass is 1070 g/mol. The van der Waals surface area contributed by atoms with Gasteiger partial charge >= 0.3 is 6.18 Å². The zero-order valence-corrected chi connectivity index (χ0v) is 44.1. The van der Waals surface area contributed by atoms with E-state index in [0.29, 0.717) is 31.0 Å². The normalized spacial score (nSPS) is 18.5. The van der Waals surface area contributed by atoms with Crippen LogP contribution in [0, 0.1) is 18.2 Å². The Morgan fingerprint density at radius 3 is 2.25 bits per heavy atom. The number of aromatic nitrogens is 2. The summed E-state index contributed by atoms with van der Waals surface area (Å²) in [5, 5.41) is 21.5. The Balaban J connectivity index is 0.914. The number of H-pyrrole nitrogens is 1. The summed E-state index contributed by atoms with van der Waals surface area (Å²) in [7, 11) is 1.98. The van der Waals surface area contributed by atoms with Gasteiger partial charge in [-0.3, -0.25) is 33.7 Å². The number of likely N-dealkylation sites (tertiary alicyclic amines) is 1. The summed E-state index contributed by atoms with van der Waals surface area (Å²) in [6, 6.07) is 14.7. The van der Waals surface area contributed by atoms with Crippen molar-refractivity contribution in [2.75, 3.05) is 56.7 Å². The van der Waals surface area contributed by atoms with E-state index in [2.05, 4.69) is 36.1 Å². The van der Waals surface area contributed by atoms with Crippen LogP contribution in [-0.4, -0.2) is 131 Å². The van der Waals surface area contributed by atoms with Gasteiger partial charge in [-0.25, -0.2) is 9.37 Å². The first-order valence-corrected chi connectivity index (χ1v) is 25.7. The van der Waals surface area contributed by atoms with Gasteiger partial charge in [0.15, 0.2) is 0 Å². The lowest BCUT2D eigenvalue weighted by Gasteiger charge is -2.44. The number of aliphatic hydroxyl groups excluding tert-OH is 1. The van der Waals surface area contributed by atoms with Gasteiger partial charge in [-0.05, 0) is 74.2 Å². The molecule has 6 N–H and O–H groups in total. The van der Waals surface area contributed by atoms with E-state index in [1.54, 1.807) is 49.8 Å². The van der Waals surface area contributed by atoms with E-state index in [1.807, 2.05) is 57.0 Å². The molecule has 0 radical (unpaired) electrons. The van der Waals surface area contributed by atoms with Crippen molar-refractivity contribution in [3.05, 3.63) is 123 Å². The van der Waals surface area contributed by atoms with E-state index in [0.717, 1.165) is 27.8 Å². The number of thiazole rings is 1. The molecule has 22 heteroatoms. The highest BCUT2D eigenvalue weighted by molar-refractivity contribution is 7.13. The number of aryl methyl sites for hydroxylation is 1. The van der Waals surface area contributed by atoms with Crippen molar-refractivity contribution < 1.29 is 51.4 Å². The van der Waals surface area contributed by atoms with Crippen LogP contribution in [0.25, 0.3) is 21.6 Å². The Morgan fingerprint density at radius 1 is 0.908 bits per heavy atom. The number of aromatic amines is 1. The predicted octanol–water partition coefficient (Wildman–Crippen LogP) is 6.36. The number of carbonyl (C=O) groups excluding carboxylic acids is 5. The minimum Gasteiger partial charge on any atom is -0.391 e. The number of nitrogens with one attached hydrogen (secondary N) is 5. The Bertz CT molecular complexity index is 2990. The van der Waals surface area contributed by atoms with Crippen molar-refractivity contribution in [2.45, 2.75) is 97.4 Å². The fourth-order valence-electron chi connectivity index (χ4n) is 9.27. The zero-order chi connectivity index (χ0) is 55.2. The van der Waals surface area contributed by atoms with Crippen molar-refractivity contribution in [3.63, 3.8) is 0 Å². The molecule has 2 aliphatic rings. The topological polar surface area (TPSA) is 218 Å². The molecule has 3 aromatic carbocycles. The number of anilines is 2. The smallest absolute Gasteiger partial charge is 0.391 e. The minimum absolute atomic E-state index is 0.00899. The van der Waals surface area contributed by atoms with Crippen LogP contribution in [0.5, 0.6) is 0 Å². The highest BCUT2D eigenvalue weighted by atomic mass is 32.1. The standard InChI is InChI=1S/C54H63F4N9O8S/c1-30-26-66(27-31(2)65(30)7)43-15-13-35(21-42(43)63-50(72)39-25-60-46(70)23-40(39)54(56,57)58)38-14-12-36(20-41(38)55)49(71)59-17-19-75-18-16-45(69)64-48(53(4,5)6)52(74)67-28-37(68)22-44(67)51(73)61-24-33-8-10-34(11-9-33)47-32(3)62-29-76-47/h8-15,20-21,23,25,29-31,37,44,48,68H,16-19,22,24,26-28H2,1-7H3,(H,59,71)(H,60,70)(H,61,73)(H,63,72)(H,64,69)/t30-,31+,37-,44+,48-/m1/s1. The lowest BCUT2D eigenvalue weighted by atomic mass is 9.85. The zero-order valence-electron chi connectivity index (χ0n) is 43.3. The molecule has 0 bridgehead atoms. The first-order chi connectivity index (χ1) is 35.9. The van der Waals surface area contributed by atoms with E-state index >= 15 is 4.39 Å². The van der Waals surface area contributed by atoms with Crippen LogP contribution in [0.2, 0.25) is 0 Å². The molecule has 76 heavy (non-hydrogen) atoms. The van der Waals surface area contributed by atoms with Gasteiger partial charge < -0.3 is 45.9 Å². The van der Waals surface area contributed by atoms with Crippen molar-refractivity contribution >= 4 is 52.2 Å². The van der Waals surface area contributed by atoms with Gasteiger partial charge in [-0.1, -0.05) is 57.2 Å². The van der Waals surface area contributed by atoms with E-state index < -0.39 is 81.8 Å². The molecule has 7 rings (SSSR count). The Labute approximate surface area is 441 Å². The molecule has 2 aromatic heterocycles. The molecule has 2 fully saturated rings. The average Bonchev–Trinajstić information content (AvgIpc) is 3.99. The van der Waals surface area contributed by atoms with Gasteiger partial charge in [0.1, 0.15) is 17.9 Å². The molecule has 17 nitrogen and oxygen atoms in total. The van der Waals surface area contributed by atoms with E-state index in [-0.39, 0.29) is 80.2 Å². The molecular formula is C54H63F4N9O8S. The largest absolute Gasteiger partial charge is 0.417 e. The maximum absolute atomic E-state index is 15.9. The SMILES string of the molecule is Cc1ncsc1-c1ccc(CNC(=O)[C@@H]2C[C@@H](O)CN2C(=O)[C@@H](NC(=O)CCOCCNC(=O)c2ccc(-c3ccc(N4C[C@@H](C)N(C)[C@@H](C)C4)c(NC(=O)c4c[nH]c(=O)cc4C(F)(F)F)c3)c(F)c2)C(C)(C)C)cc1. The maximum Gasteiger partial charge on any atom is 0.417 e. The third-order valence-electron chi connectivity index (χ3n) is 13.7. The number of hydrogen-bond donors (Lipinski definition) is 6. The fourth-order valence-corrected chi connectivity index (χ4v) is 10.1. The van der Waals surface area contributed by atoms with Crippen molar-refractivity contribution in [1.29, 1.82) is 0 Å². The molecule has 5 atom stereocenters. The van der Waals surface area contributed by atoms with Crippen LogP contribution in [0.15, 0.2) is 83.2 Å². The summed E-state index contributed by atoms with van der Waals surface area (Å²) in [4.78, 5) is 92.1. The number of aliphatic hydroxyl groups is 1. The van der Waals surface area contributed by atoms with Crippen LogP contribution in [-0.2, 0) is 31.8 Å².